The van der Waals surface area contributed by atoms with E-state index in [-0.39, 0.29) is 4.90 Å². The Morgan fingerprint density at radius 1 is 1.35 bits per heavy atom. The molecule has 0 aliphatic rings. The first-order valence-corrected chi connectivity index (χ1v) is 6.97. The van der Waals surface area contributed by atoms with Crippen LogP contribution in [0.4, 0.5) is 0 Å². The Morgan fingerprint density at radius 2 is 2.00 bits per heavy atom. The monoisotopic (exact) mass is 249 g/mol. The Kier molecular flexibility index (Phi) is 4.92. The van der Waals surface area contributed by atoms with Crippen LogP contribution in [0.25, 0.3) is 0 Å². The molecule has 0 aliphatic heterocycles. The summed E-state index contributed by atoms with van der Waals surface area (Å²) in [5.41, 5.74) is 0. The van der Waals surface area contributed by atoms with Crippen molar-refractivity contribution in [3.05, 3.63) is 43.0 Å². The average Bonchev–Trinajstić information content (AvgIpc) is 2.35. The van der Waals surface area contributed by atoms with Crippen LogP contribution in [0.3, 0.4) is 0 Å². The fourth-order valence-corrected chi connectivity index (χ4v) is 2.99. The van der Waals surface area contributed by atoms with Crippen molar-refractivity contribution in [2.45, 2.75) is 29.4 Å². The highest BCUT2D eigenvalue weighted by molar-refractivity contribution is 7.92. The minimum absolute atomic E-state index is 0.213. The van der Waals surface area contributed by atoms with Crippen molar-refractivity contribution in [1.82, 2.24) is 0 Å². The number of allylic oxidation sites excluding steroid dienone is 1. The van der Waals surface area contributed by atoms with E-state index in [1.807, 2.05) is 6.07 Å². The van der Waals surface area contributed by atoms with Crippen LogP contribution in [0.15, 0.2) is 47.9 Å². The van der Waals surface area contributed by atoms with Gasteiger partial charge in [-0.3, -0.25) is 0 Å². The van der Waals surface area contributed by atoms with Crippen molar-refractivity contribution < 1.29 is 8.42 Å². The Morgan fingerprint density at radius 3 is 2.53 bits per heavy atom. The van der Waals surface area contributed by atoms with Gasteiger partial charge in [0, 0.05) is 0 Å². The number of sulfone groups is 1. The van der Waals surface area contributed by atoms with Crippen molar-refractivity contribution in [3.63, 3.8) is 0 Å². The first-order valence-electron chi connectivity index (χ1n) is 5.42. The molecule has 0 amide bonds. The van der Waals surface area contributed by atoms with E-state index >= 15 is 0 Å². The Hall–Kier alpha value is -1.60. The lowest BCUT2D eigenvalue weighted by Crippen LogP contribution is -2.19. The molecule has 0 bridgehead atoms. The Bertz CT molecular complexity index is 500. The summed E-state index contributed by atoms with van der Waals surface area (Å²) in [4.78, 5) is 0.213. The van der Waals surface area contributed by atoms with Gasteiger partial charge in [0.2, 0.25) is 0 Å². The Labute approximate surface area is 102 Å². The molecule has 17 heavy (non-hydrogen) atoms. The maximum atomic E-state index is 12.1. The SMILES string of the molecule is C=CCCCC(C#N)S(=O)(=O)c1ccccc1. The van der Waals surface area contributed by atoms with E-state index in [1.54, 1.807) is 24.3 Å². The molecule has 0 saturated heterocycles. The van der Waals surface area contributed by atoms with Gasteiger partial charge in [0.15, 0.2) is 15.1 Å². The summed E-state index contributed by atoms with van der Waals surface area (Å²) in [7, 11) is -3.53. The lowest BCUT2D eigenvalue weighted by atomic mass is 10.2. The molecule has 0 spiro atoms. The normalized spacial score (nSPS) is 12.6. The van der Waals surface area contributed by atoms with Crippen molar-refractivity contribution in [1.29, 1.82) is 5.26 Å². The van der Waals surface area contributed by atoms with Gasteiger partial charge in [0.05, 0.1) is 11.0 Å². The third-order valence-electron chi connectivity index (χ3n) is 2.46. The van der Waals surface area contributed by atoms with Gasteiger partial charge in [-0.15, -0.1) is 6.58 Å². The van der Waals surface area contributed by atoms with Gasteiger partial charge >= 0.3 is 0 Å². The molecule has 0 heterocycles. The highest BCUT2D eigenvalue weighted by atomic mass is 32.2. The fraction of sp³-hybridized carbons (Fsp3) is 0.308. The molecular weight excluding hydrogens is 234 g/mol. The molecular formula is C13H15NO2S. The van der Waals surface area contributed by atoms with E-state index in [1.165, 1.54) is 12.1 Å². The van der Waals surface area contributed by atoms with Gasteiger partial charge in [0.25, 0.3) is 0 Å². The second-order valence-corrected chi connectivity index (χ2v) is 5.83. The maximum Gasteiger partial charge on any atom is 0.194 e. The van der Waals surface area contributed by atoms with E-state index in [9.17, 15) is 8.42 Å². The van der Waals surface area contributed by atoms with E-state index in [2.05, 4.69) is 6.58 Å². The van der Waals surface area contributed by atoms with Gasteiger partial charge in [0.1, 0.15) is 0 Å². The fourth-order valence-electron chi connectivity index (χ4n) is 1.51. The zero-order chi connectivity index (χ0) is 12.7. The van der Waals surface area contributed by atoms with Crippen molar-refractivity contribution >= 4 is 9.84 Å². The van der Waals surface area contributed by atoms with Crippen LogP contribution >= 0.6 is 0 Å². The molecule has 1 atom stereocenters. The number of nitriles is 1. The third kappa shape index (κ3) is 3.43. The topological polar surface area (TPSA) is 57.9 Å². The molecule has 0 saturated carbocycles. The summed E-state index contributed by atoms with van der Waals surface area (Å²) < 4.78 is 24.2. The summed E-state index contributed by atoms with van der Waals surface area (Å²) in [6, 6.07) is 9.98. The summed E-state index contributed by atoms with van der Waals surface area (Å²) in [6.45, 7) is 3.57. The molecule has 0 N–H and O–H groups in total. The first-order chi connectivity index (χ1) is 8.12. The smallest absolute Gasteiger partial charge is 0.194 e. The zero-order valence-corrected chi connectivity index (χ0v) is 10.4. The van der Waals surface area contributed by atoms with Gasteiger partial charge in [-0.05, 0) is 31.4 Å². The molecule has 0 aromatic heterocycles. The number of hydrogen-bond donors (Lipinski definition) is 0. The largest absolute Gasteiger partial charge is 0.222 e. The van der Waals surface area contributed by atoms with Crippen LogP contribution < -0.4 is 0 Å². The summed E-state index contributed by atoms with van der Waals surface area (Å²) in [5, 5.41) is 8.00. The van der Waals surface area contributed by atoms with Crippen molar-refractivity contribution in [2.24, 2.45) is 0 Å². The predicted molar refractivity (Wildman–Crippen MR) is 67.1 cm³/mol. The highest BCUT2D eigenvalue weighted by Gasteiger charge is 2.26. The van der Waals surface area contributed by atoms with E-state index < -0.39 is 15.1 Å². The zero-order valence-electron chi connectivity index (χ0n) is 9.54. The molecule has 4 heteroatoms. The molecule has 1 unspecified atom stereocenters. The number of nitrogens with zero attached hydrogens (tertiary/aromatic N) is 1. The van der Waals surface area contributed by atoms with Crippen LogP contribution in [-0.2, 0) is 9.84 Å². The van der Waals surface area contributed by atoms with Crippen molar-refractivity contribution in [2.75, 3.05) is 0 Å². The quantitative estimate of drug-likeness (QED) is 0.575. The molecule has 1 rings (SSSR count). The lowest BCUT2D eigenvalue weighted by Gasteiger charge is -2.09. The summed E-state index contributed by atoms with van der Waals surface area (Å²) in [6.07, 6.45) is 3.46. The second kappa shape index (κ2) is 6.21. The molecule has 0 radical (unpaired) electrons. The second-order valence-electron chi connectivity index (χ2n) is 3.70. The highest BCUT2D eigenvalue weighted by Crippen LogP contribution is 2.19. The molecule has 0 aliphatic carbocycles. The van der Waals surface area contributed by atoms with Gasteiger partial charge in [-0.1, -0.05) is 24.3 Å². The number of rotatable bonds is 6. The lowest BCUT2D eigenvalue weighted by molar-refractivity contribution is 0.582. The number of unbranched alkanes of at least 4 members (excludes halogenated alkanes) is 1. The Balaban J connectivity index is 2.88. The first kappa shape index (κ1) is 13.5. The maximum absolute atomic E-state index is 12.1. The average molecular weight is 249 g/mol. The molecule has 3 nitrogen and oxygen atoms in total. The van der Waals surface area contributed by atoms with E-state index in [0.29, 0.717) is 12.8 Å². The predicted octanol–water partition coefficient (Wildman–Crippen LogP) is 2.71. The van der Waals surface area contributed by atoms with Crippen LogP contribution in [0, 0.1) is 11.3 Å². The van der Waals surface area contributed by atoms with Crippen molar-refractivity contribution in [3.8, 4) is 6.07 Å². The van der Waals surface area contributed by atoms with E-state index in [0.717, 1.165) is 6.42 Å². The van der Waals surface area contributed by atoms with Crippen LogP contribution in [0.1, 0.15) is 19.3 Å². The molecule has 1 aromatic carbocycles. The van der Waals surface area contributed by atoms with Crippen LogP contribution in [0.2, 0.25) is 0 Å². The van der Waals surface area contributed by atoms with Crippen LogP contribution in [0.5, 0.6) is 0 Å². The standard InChI is InChI=1S/C13H15NO2S/c1-2-3-5-10-13(11-14)17(15,16)12-8-6-4-7-9-12/h2,4,6-9,13H,1,3,5,10H2. The molecule has 1 aromatic rings. The molecule has 0 fully saturated rings. The number of benzene rings is 1. The van der Waals surface area contributed by atoms with Crippen LogP contribution in [-0.4, -0.2) is 13.7 Å². The van der Waals surface area contributed by atoms with Gasteiger partial charge in [-0.25, -0.2) is 8.42 Å². The summed E-state index contributed by atoms with van der Waals surface area (Å²) in [5.74, 6) is 0. The summed E-state index contributed by atoms with van der Waals surface area (Å²) >= 11 is 0. The third-order valence-corrected chi connectivity index (χ3v) is 4.48. The van der Waals surface area contributed by atoms with E-state index in [4.69, 9.17) is 5.26 Å². The van der Waals surface area contributed by atoms with Gasteiger partial charge in [-0.2, -0.15) is 5.26 Å². The minimum atomic E-state index is -3.53. The molecule has 90 valence electrons. The minimum Gasteiger partial charge on any atom is -0.222 e. The van der Waals surface area contributed by atoms with Gasteiger partial charge < -0.3 is 0 Å². The number of hydrogen-bond acceptors (Lipinski definition) is 3.